The van der Waals surface area contributed by atoms with Crippen LogP contribution in [0, 0.1) is 0 Å². The molecule has 0 spiro atoms. The molecule has 0 amide bonds. The Morgan fingerprint density at radius 2 is 1.84 bits per heavy atom. The van der Waals surface area contributed by atoms with Gasteiger partial charge in [0.25, 0.3) is 0 Å². The van der Waals surface area contributed by atoms with E-state index in [1.807, 2.05) is 24.3 Å². The van der Waals surface area contributed by atoms with Gasteiger partial charge in [-0.05, 0) is 17.7 Å². The summed E-state index contributed by atoms with van der Waals surface area (Å²) in [5, 5.41) is 5.26. The van der Waals surface area contributed by atoms with Crippen molar-refractivity contribution in [3.8, 4) is 0 Å². The van der Waals surface area contributed by atoms with Gasteiger partial charge < -0.3 is 11.5 Å². The minimum Gasteiger partial charge on any atom is -0.399 e. The Bertz CT molecular complexity index is 734. The third-order valence-corrected chi connectivity index (χ3v) is 3.07. The van der Waals surface area contributed by atoms with Crippen LogP contribution in [0.5, 0.6) is 0 Å². The molecule has 0 atom stereocenters. The van der Waals surface area contributed by atoms with E-state index in [4.69, 9.17) is 23.1 Å². The number of nitrogens with zero attached hydrogens (tertiary/aromatic N) is 4. The van der Waals surface area contributed by atoms with Crippen LogP contribution in [-0.4, -0.2) is 19.7 Å². The molecule has 0 bridgehead atoms. The number of benzene rings is 1. The Labute approximate surface area is 114 Å². The first kappa shape index (κ1) is 11.7. The number of nitrogens with two attached hydrogens (primary N) is 2. The van der Waals surface area contributed by atoms with E-state index in [1.54, 1.807) is 10.9 Å². The molecule has 0 aliphatic heterocycles. The van der Waals surface area contributed by atoms with Crippen molar-refractivity contribution in [3.05, 3.63) is 41.2 Å². The average molecular weight is 275 g/mol. The van der Waals surface area contributed by atoms with Crippen LogP contribution in [-0.2, 0) is 6.54 Å². The molecule has 0 saturated carbocycles. The standard InChI is InChI=1S/C12H11ClN6/c13-10-9-5-16-19(11(9)18-12(15)17-10)6-7-1-3-8(14)4-2-7/h1-5H,6,14H2,(H2,15,17,18). The van der Waals surface area contributed by atoms with Crippen molar-refractivity contribution in [1.82, 2.24) is 19.7 Å². The van der Waals surface area contributed by atoms with Gasteiger partial charge in [0.1, 0.15) is 5.15 Å². The zero-order chi connectivity index (χ0) is 13.4. The lowest BCUT2D eigenvalue weighted by atomic mass is 10.2. The zero-order valence-corrected chi connectivity index (χ0v) is 10.7. The van der Waals surface area contributed by atoms with E-state index in [2.05, 4.69) is 15.1 Å². The molecule has 0 unspecified atom stereocenters. The van der Waals surface area contributed by atoms with Gasteiger partial charge in [0.15, 0.2) is 5.65 Å². The van der Waals surface area contributed by atoms with Gasteiger partial charge in [-0.1, -0.05) is 23.7 Å². The molecule has 1 aromatic carbocycles. The summed E-state index contributed by atoms with van der Waals surface area (Å²) in [4.78, 5) is 8.06. The van der Waals surface area contributed by atoms with E-state index in [9.17, 15) is 0 Å². The molecule has 0 saturated heterocycles. The molecule has 2 aromatic heterocycles. The Morgan fingerprint density at radius 1 is 1.11 bits per heavy atom. The van der Waals surface area contributed by atoms with Crippen molar-refractivity contribution in [1.29, 1.82) is 0 Å². The van der Waals surface area contributed by atoms with Gasteiger partial charge in [-0.25, -0.2) is 9.67 Å². The maximum atomic E-state index is 6.00. The number of aromatic nitrogens is 4. The molecule has 7 heteroatoms. The highest BCUT2D eigenvalue weighted by Gasteiger charge is 2.10. The van der Waals surface area contributed by atoms with Gasteiger partial charge >= 0.3 is 0 Å². The van der Waals surface area contributed by atoms with E-state index in [0.29, 0.717) is 22.7 Å². The van der Waals surface area contributed by atoms with Crippen molar-refractivity contribution in [2.75, 3.05) is 11.5 Å². The number of hydrogen-bond donors (Lipinski definition) is 2. The van der Waals surface area contributed by atoms with Crippen LogP contribution in [0.25, 0.3) is 11.0 Å². The Balaban J connectivity index is 2.03. The van der Waals surface area contributed by atoms with Crippen LogP contribution >= 0.6 is 11.6 Å². The van der Waals surface area contributed by atoms with E-state index >= 15 is 0 Å². The molecule has 2 heterocycles. The van der Waals surface area contributed by atoms with Crippen molar-refractivity contribution < 1.29 is 0 Å². The van der Waals surface area contributed by atoms with Crippen LogP contribution in [0.15, 0.2) is 30.5 Å². The Kier molecular flexibility index (Phi) is 2.72. The maximum Gasteiger partial charge on any atom is 0.223 e. The van der Waals surface area contributed by atoms with Crippen molar-refractivity contribution in [2.24, 2.45) is 0 Å². The molecule has 0 radical (unpaired) electrons. The summed E-state index contributed by atoms with van der Waals surface area (Å²) in [6, 6.07) is 7.57. The molecular weight excluding hydrogens is 264 g/mol. The van der Waals surface area contributed by atoms with Gasteiger partial charge in [-0.3, -0.25) is 0 Å². The number of nitrogen functional groups attached to an aromatic ring is 2. The topological polar surface area (TPSA) is 95.6 Å². The maximum absolute atomic E-state index is 6.00. The fraction of sp³-hybridized carbons (Fsp3) is 0.0833. The van der Waals surface area contributed by atoms with Gasteiger partial charge in [0.05, 0.1) is 18.1 Å². The molecule has 96 valence electrons. The smallest absolute Gasteiger partial charge is 0.223 e. The summed E-state index contributed by atoms with van der Waals surface area (Å²) < 4.78 is 1.73. The second-order valence-corrected chi connectivity index (χ2v) is 4.51. The second kappa shape index (κ2) is 4.40. The minimum absolute atomic E-state index is 0.136. The predicted octanol–water partition coefficient (Wildman–Crippen LogP) is 1.69. The lowest BCUT2D eigenvalue weighted by molar-refractivity contribution is 0.704. The number of fused-ring (bicyclic) bond motifs is 1. The third kappa shape index (κ3) is 2.17. The lowest BCUT2D eigenvalue weighted by Crippen LogP contribution is -2.04. The number of halogens is 1. The molecule has 0 aliphatic rings. The van der Waals surface area contributed by atoms with Gasteiger partial charge in [-0.15, -0.1) is 0 Å². The molecule has 3 rings (SSSR count). The molecule has 19 heavy (non-hydrogen) atoms. The Hall–Kier alpha value is -2.34. The highest BCUT2D eigenvalue weighted by molar-refractivity contribution is 6.34. The van der Waals surface area contributed by atoms with E-state index < -0.39 is 0 Å². The summed E-state index contributed by atoms with van der Waals surface area (Å²) in [7, 11) is 0. The summed E-state index contributed by atoms with van der Waals surface area (Å²) in [6.45, 7) is 0.566. The van der Waals surface area contributed by atoms with Gasteiger partial charge in [0, 0.05) is 5.69 Å². The normalized spacial score (nSPS) is 11.0. The first-order valence-corrected chi connectivity index (χ1v) is 6.00. The second-order valence-electron chi connectivity index (χ2n) is 4.15. The van der Waals surface area contributed by atoms with Crippen LogP contribution in [0.4, 0.5) is 11.6 Å². The first-order valence-electron chi connectivity index (χ1n) is 5.62. The number of anilines is 2. The fourth-order valence-electron chi connectivity index (χ4n) is 1.85. The van der Waals surface area contributed by atoms with Crippen LogP contribution in [0.1, 0.15) is 5.56 Å². The predicted molar refractivity (Wildman–Crippen MR) is 74.7 cm³/mol. The Morgan fingerprint density at radius 3 is 2.58 bits per heavy atom. The summed E-state index contributed by atoms with van der Waals surface area (Å²) in [5.41, 5.74) is 13.7. The van der Waals surface area contributed by atoms with Crippen molar-refractivity contribution in [2.45, 2.75) is 6.54 Å². The van der Waals surface area contributed by atoms with E-state index in [-0.39, 0.29) is 5.95 Å². The number of hydrogen-bond acceptors (Lipinski definition) is 5. The summed E-state index contributed by atoms with van der Waals surface area (Å²) >= 11 is 6.00. The SMILES string of the molecule is Nc1ccc(Cn2ncc3c(Cl)nc(N)nc32)cc1. The summed E-state index contributed by atoms with van der Waals surface area (Å²) in [5.74, 6) is 0.136. The van der Waals surface area contributed by atoms with Crippen molar-refractivity contribution in [3.63, 3.8) is 0 Å². The minimum atomic E-state index is 0.136. The zero-order valence-electron chi connectivity index (χ0n) is 9.92. The summed E-state index contributed by atoms with van der Waals surface area (Å²) in [6.07, 6.45) is 1.63. The highest BCUT2D eigenvalue weighted by Crippen LogP contribution is 2.21. The quantitative estimate of drug-likeness (QED) is 0.548. The van der Waals surface area contributed by atoms with Crippen molar-refractivity contribution >= 4 is 34.3 Å². The largest absolute Gasteiger partial charge is 0.399 e. The first-order chi connectivity index (χ1) is 9.13. The van der Waals surface area contributed by atoms with E-state index in [0.717, 1.165) is 11.3 Å². The van der Waals surface area contributed by atoms with E-state index in [1.165, 1.54) is 0 Å². The van der Waals surface area contributed by atoms with Crippen LogP contribution < -0.4 is 11.5 Å². The molecule has 4 N–H and O–H groups in total. The number of rotatable bonds is 2. The molecular formula is C12H11ClN6. The lowest BCUT2D eigenvalue weighted by Gasteiger charge is -2.04. The molecule has 0 aliphatic carbocycles. The molecule has 0 fully saturated rings. The van der Waals surface area contributed by atoms with Gasteiger partial charge in [-0.2, -0.15) is 10.1 Å². The monoisotopic (exact) mass is 274 g/mol. The molecule has 6 nitrogen and oxygen atoms in total. The average Bonchev–Trinajstić information content (AvgIpc) is 2.76. The third-order valence-electron chi connectivity index (χ3n) is 2.78. The molecule has 3 aromatic rings. The van der Waals surface area contributed by atoms with Crippen LogP contribution in [0.3, 0.4) is 0 Å². The fourth-order valence-corrected chi connectivity index (χ4v) is 2.07. The van der Waals surface area contributed by atoms with Crippen LogP contribution in [0.2, 0.25) is 5.15 Å². The highest BCUT2D eigenvalue weighted by atomic mass is 35.5. The van der Waals surface area contributed by atoms with Gasteiger partial charge in [0.2, 0.25) is 5.95 Å².